The van der Waals surface area contributed by atoms with Crippen LogP contribution in [0.1, 0.15) is 24.0 Å². The Balaban J connectivity index is 2.31. The number of hydrogen-bond donors (Lipinski definition) is 0. The Labute approximate surface area is 108 Å². The lowest BCUT2D eigenvalue weighted by Gasteiger charge is -2.15. The number of halogens is 3. The van der Waals surface area contributed by atoms with Gasteiger partial charge in [-0.1, -0.05) is 0 Å². The van der Waals surface area contributed by atoms with Gasteiger partial charge in [-0.2, -0.15) is 13.2 Å². The molecule has 0 N–H and O–H groups in total. The molecule has 2 rings (SSSR count). The number of nitrogens with zero attached hydrogens (tertiary/aromatic N) is 2. The van der Waals surface area contributed by atoms with Gasteiger partial charge in [0, 0.05) is 18.7 Å². The van der Waals surface area contributed by atoms with E-state index in [1.165, 1.54) is 6.07 Å². The molecule has 1 aromatic rings. The molecule has 19 heavy (non-hydrogen) atoms. The van der Waals surface area contributed by atoms with Crippen LogP contribution in [0.25, 0.3) is 0 Å². The minimum Gasteiger partial charge on any atom is -0.299 e. The Morgan fingerprint density at radius 2 is 1.84 bits per heavy atom. The van der Waals surface area contributed by atoms with E-state index in [1.54, 1.807) is 0 Å². The quantitative estimate of drug-likeness (QED) is 0.628. The van der Waals surface area contributed by atoms with E-state index in [0.29, 0.717) is 18.2 Å². The van der Waals surface area contributed by atoms with Gasteiger partial charge in [0.1, 0.15) is 0 Å². The van der Waals surface area contributed by atoms with Crippen molar-refractivity contribution in [2.45, 2.75) is 25.6 Å². The van der Waals surface area contributed by atoms with Crippen molar-refractivity contribution >= 4 is 5.69 Å². The second-order valence-electron chi connectivity index (χ2n) is 4.63. The van der Waals surface area contributed by atoms with Gasteiger partial charge in [-0.05, 0) is 37.6 Å². The summed E-state index contributed by atoms with van der Waals surface area (Å²) in [6.45, 7) is 1.97. The third-order valence-electron chi connectivity index (χ3n) is 3.12. The Morgan fingerprint density at radius 1 is 1.21 bits per heavy atom. The first-order valence-electron chi connectivity index (χ1n) is 5.94. The van der Waals surface area contributed by atoms with Crippen molar-refractivity contribution in [3.05, 3.63) is 39.4 Å². The average molecular weight is 274 g/mol. The molecule has 0 atom stereocenters. The third-order valence-corrected chi connectivity index (χ3v) is 3.12. The maximum Gasteiger partial charge on any atom is 0.416 e. The second-order valence-corrected chi connectivity index (χ2v) is 4.63. The van der Waals surface area contributed by atoms with Crippen LogP contribution in [-0.2, 0) is 12.7 Å². The number of likely N-dealkylation sites (tertiary alicyclic amines) is 1. The van der Waals surface area contributed by atoms with Crippen molar-refractivity contribution in [2.75, 3.05) is 13.1 Å². The van der Waals surface area contributed by atoms with E-state index in [1.807, 2.05) is 4.90 Å². The van der Waals surface area contributed by atoms with Gasteiger partial charge in [-0.3, -0.25) is 15.0 Å². The number of nitro benzene ring substituents is 1. The summed E-state index contributed by atoms with van der Waals surface area (Å²) in [5, 5.41) is 10.7. The summed E-state index contributed by atoms with van der Waals surface area (Å²) in [6, 6.07) is 2.78. The van der Waals surface area contributed by atoms with Gasteiger partial charge in [0.25, 0.3) is 5.69 Å². The van der Waals surface area contributed by atoms with E-state index in [0.717, 1.165) is 32.0 Å². The molecule has 0 bridgehead atoms. The normalized spacial score (nSPS) is 16.8. The van der Waals surface area contributed by atoms with E-state index in [2.05, 4.69) is 0 Å². The maximum atomic E-state index is 12.7. The lowest BCUT2D eigenvalue weighted by molar-refractivity contribution is -0.385. The van der Waals surface area contributed by atoms with E-state index < -0.39 is 22.4 Å². The predicted molar refractivity (Wildman–Crippen MR) is 62.6 cm³/mol. The van der Waals surface area contributed by atoms with Crippen LogP contribution in [0.4, 0.5) is 18.9 Å². The van der Waals surface area contributed by atoms with E-state index >= 15 is 0 Å². The van der Waals surface area contributed by atoms with Crippen molar-refractivity contribution < 1.29 is 18.1 Å². The number of rotatable bonds is 3. The van der Waals surface area contributed by atoms with E-state index in [9.17, 15) is 23.3 Å². The number of benzene rings is 1. The van der Waals surface area contributed by atoms with Gasteiger partial charge in [0.05, 0.1) is 10.5 Å². The number of nitro groups is 1. The van der Waals surface area contributed by atoms with Crippen LogP contribution < -0.4 is 0 Å². The Kier molecular flexibility index (Phi) is 3.75. The minimum absolute atomic E-state index is 0.324. The van der Waals surface area contributed by atoms with Crippen LogP contribution in [-0.4, -0.2) is 22.9 Å². The average Bonchev–Trinajstić information content (AvgIpc) is 2.80. The summed E-state index contributed by atoms with van der Waals surface area (Å²) in [4.78, 5) is 11.9. The van der Waals surface area contributed by atoms with Gasteiger partial charge in [0.15, 0.2) is 0 Å². The highest BCUT2D eigenvalue weighted by molar-refractivity contribution is 5.40. The van der Waals surface area contributed by atoms with Crippen molar-refractivity contribution in [1.29, 1.82) is 0 Å². The molecule has 0 spiro atoms. The monoisotopic (exact) mass is 274 g/mol. The maximum absolute atomic E-state index is 12.7. The molecule has 4 nitrogen and oxygen atoms in total. The van der Waals surface area contributed by atoms with Crippen molar-refractivity contribution in [3.8, 4) is 0 Å². The van der Waals surface area contributed by atoms with Gasteiger partial charge >= 0.3 is 6.18 Å². The molecule has 0 aliphatic carbocycles. The van der Waals surface area contributed by atoms with Crippen LogP contribution >= 0.6 is 0 Å². The lowest BCUT2D eigenvalue weighted by Crippen LogP contribution is -2.19. The highest BCUT2D eigenvalue weighted by atomic mass is 19.4. The predicted octanol–water partition coefficient (Wildman–Crippen LogP) is 3.21. The summed E-state index contributed by atoms with van der Waals surface area (Å²) in [6.07, 6.45) is -2.53. The first kappa shape index (κ1) is 13.8. The molecule has 0 saturated carbocycles. The topological polar surface area (TPSA) is 46.4 Å². The van der Waals surface area contributed by atoms with Crippen LogP contribution in [0, 0.1) is 10.1 Å². The minimum atomic E-state index is -4.56. The molecule has 1 fully saturated rings. The molecule has 1 heterocycles. The van der Waals surface area contributed by atoms with E-state index in [4.69, 9.17) is 0 Å². The first-order valence-corrected chi connectivity index (χ1v) is 5.94. The zero-order valence-corrected chi connectivity index (χ0v) is 10.1. The molecule has 104 valence electrons. The van der Waals surface area contributed by atoms with Gasteiger partial charge in [-0.25, -0.2) is 0 Å². The highest BCUT2D eigenvalue weighted by Crippen LogP contribution is 2.33. The Morgan fingerprint density at radius 3 is 2.37 bits per heavy atom. The summed E-state index contributed by atoms with van der Waals surface area (Å²) in [5.74, 6) is 0. The molecular weight excluding hydrogens is 261 g/mol. The van der Waals surface area contributed by atoms with Gasteiger partial charge in [-0.15, -0.1) is 0 Å². The smallest absolute Gasteiger partial charge is 0.299 e. The van der Waals surface area contributed by atoms with Crippen LogP contribution in [0.15, 0.2) is 18.2 Å². The number of hydrogen-bond acceptors (Lipinski definition) is 3. The zero-order chi connectivity index (χ0) is 14.0. The lowest BCUT2D eigenvalue weighted by atomic mass is 10.1. The Hall–Kier alpha value is -1.63. The highest BCUT2D eigenvalue weighted by Gasteiger charge is 2.32. The van der Waals surface area contributed by atoms with Crippen molar-refractivity contribution in [2.24, 2.45) is 0 Å². The molecule has 7 heteroatoms. The van der Waals surface area contributed by atoms with Crippen LogP contribution in [0.5, 0.6) is 0 Å². The summed E-state index contributed by atoms with van der Waals surface area (Å²) < 4.78 is 38.1. The van der Waals surface area contributed by atoms with Crippen molar-refractivity contribution in [3.63, 3.8) is 0 Å². The third kappa shape index (κ3) is 3.44. The fourth-order valence-corrected chi connectivity index (χ4v) is 2.23. The zero-order valence-electron chi connectivity index (χ0n) is 10.1. The van der Waals surface area contributed by atoms with Crippen LogP contribution in [0.2, 0.25) is 0 Å². The summed E-state index contributed by atoms with van der Waals surface area (Å²) in [7, 11) is 0. The molecule has 1 aliphatic rings. The molecular formula is C12H13F3N2O2. The Bertz CT molecular complexity index is 482. The standard InChI is InChI=1S/C12H13F3N2O2/c13-12(14,15)10-5-9(6-11(7-10)17(18)19)8-16-3-1-2-4-16/h5-7H,1-4,8H2. The SMILES string of the molecule is O=[N+]([O-])c1cc(CN2CCCC2)cc(C(F)(F)F)c1. The fraction of sp³-hybridized carbons (Fsp3) is 0.500. The van der Waals surface area contributed by atoms with Crippen molar-refractivity contribution in [1.82, 2.24) is 4.90 Å². The number of non-ortho nitro benzene ring substituents is 1. The largest absolute Gasteiger partial charge is 0.416 e. The van der Waals surface area contributed by atoms with Gasteiger partial charge < -0.3 is 0 Å². The molecule has 0 unspecified atom stereocenters. The molecule has 0 radical (unpaired) electrons. The van der Waals surface area contributed by atoms with Crippen LogP contribution in [0.3, 0.4) is 0 Å². The molecule has 0 aromatic heterocycles. The molecule has 1 aliphatic heterocycles. The van der Waals surface area contributed by atoms with E-state index in [-0.39, 0.29) is 0 Å². The number of alkyl halides is 3. The summed E-state index contributed by atoms with van der Waals surface area (Å²) in [5.41, 5.74) is -1.14. The molecule has 1 saturated heterocycles. The summed E-state index contributed by atoms with van der Waals surface area (Å²) >= 11 is 0. The fourth-order valence-electron chi connectivity index (χ4n) is 2.23. The molecule has 0 amide bonds. The second kappa shape index (κ2) is 5.16. The first-order chi connectivity index (χ1) is 8.86. The van der Waals surface area contributed by atoms with Gasteiger partial charge in [0.2, 0.25) is 0 Å². The molecule has 1 aromatic carbocycles.